The number of aliphatic hydroxyl groups is 1. The van der Waals surface area contributed by atoms with Gasteiger partial charge in [0.05, 0.1) is 17.1 Å². The lowest BCUT2D eigenvalue weighted by molar-refractivity contribution is -0.385. The fourth-order valence-corrected chi connectivity index (χ4v) is 2.88. The lowest BCUT2D eigenvalue weighted by atomic mass is 9.86. The fraction of sp³-hybridized carbons (Fsp3) is 0.533. The minimum absolute atomic E-state index is 0.0257. The number of nitrogens with zero attached hydrogens (tertiary/aromatic N) is 2. The molecule has 2 unspecified atom stereocenters. The van der Waals surface area contributed by atoms with E-state index in [0.717, 1.165) is 37.5 Å². The molecule has 0 spiro atoms. The maximum atomic E-state index is 13.1. The van der Waals surface area contributed by atoms with Crippen molar-refractivity contribution in [3.63, 3.8) is 0 Å². The Balaban J connectivity index is 2.15. The van der Waals surface area contributed by atoms with Crippen LogP contribution in [0.1, 0.15) is 36.0 Å². The predicted octanol–water partition coefficient (Wildman–Crippen LogP) is 2.36. The number of hydrogen-bond acceptors (Lipinski definition) is 4. The Labute approximate surface area is 127 Å². The molecule has 22 heavy (non-hydrogen) atoms. The molecule has 1 aliphatic rings. The molecule has 1 fully saturated rings. The Morgan fingerprint density at radius 1 is 1.45 bits per heavy atom. The van der Waals surface area contributed by atoms with Crippen LogP contribution in [0, 0.1) is 21.8 Å². The van der Waals surface area contributed by atoms with E-state index in [4.69, 9.17) is 0 Å². The first-order chi connectivity index (χ1) is 10.4. The van der Waals surface area contributed by atoms with E-state index in [1.165, 1.54) is 11.9 Å². The largest absolute Gasteiger partial charge is 0.393 e. The molecule has 0 radical (unpaired) electrons. The molecule has 120 valence electrons. The van der Waals surface area contributed by atoms with Gasteiger partial charge in [-0.1, -0.05) is 12.8 Å². The molecule has 2 rings (SSSR count). The average molecular weight is 310 g/mol. The molecular weight excluding hydrogens is 291 g/mol. The van der Waals surface area contributed by atoms with E-state index >= 15 is 0 Å². The van der Waals surface area contributed by atoms with Crippen molar-refractivity contribution in [1.29, 1.82) is 0 Å². The summed E-state index contributed by atoms with van der Waals surface area (Å²) < 4.78 is 13.1. The Morgan fingerprint density at radius 2 is 2.14 bits per heavy atom. The molecular formula is C15H19FN2O4. The third-order valence-corrected chi connectivity index (χ3v) is 4.11. The second-order valence-corrected chi connectivity index (χ2v) is 5.72. The van der Waals surface area contributed by atoms with E-state index in [1.54, 1.807) is 0 Å². The zero-order valence-electron chi connectivity index (χ0n) is 12.4. The van der Waals surface area contributed by atoms with Crippen molar-refractivity contribution in [2.24, 2.45) is 5.92 Å². The van der Waals surface area contributed by atoms with Gasteiger partial charge in [0.25, 0.3) is 11.6 Å². The van der Waals surface area contributed by atoms with E-state index in [9.17, 15) is 24.4 Å². The number of nitro groups is 1. The maximum absolute atomic E-state index is 13.1. The van der Waals surface area contributed by atoms with E-state index in [1.807, 2.05) is 0 Å². The van der Waals surface area contributed by atoms with Crippen LogP contribution in [0.3, 0.4) is 0 Å². The van der Waals surface area contributed by atoms with Crippen LogP contribution in [0.4, 0.5) is 10.1 Å². The van der Waals surface area contributed by atoms with Crippen LogP contribution in [0.25, 0.3) is 0 Å². The highest BCUT2D eigenvalue weighted by molar-refractivity contribution is 5.98. The summed E-state index contributed by atoms with van der Waals surface area (Å²) in [6.45, 7) is 0.328. The molecule has 1 aromatic rings. The SMILES string of the molecule is CN(CC1CCCCC1O)C(=O)c1ccc(F)cc1[N+](=O)[O-]. The molecule has 1 aromatic carbocycles. The van der Waals surface area contributed by atoms with Crippen molar-refractivity contribution in [1.82, 2.24) is 4.90 Å². The highest BCUT2D eigenvalue weighted by Gasteiger charge is 2.28. The minimum Gasteiger partial charge on any atom is -0.393 e. The molecule has 6 nitrogen and oxygen atoms in total. The van der Waals surface area contributed by atoms with Gasteiger partial charge in [-0.05, 0) is 25.0 Å². The molecule has 1 N–H and O–H groups in total. The van der Waals surface area contributed by atoms with Crippen LogP contribution in [0.15, 0.2) is 18.2 Å². The fourth-order valence-electron chi connectivity index (χ4n) is 2.88. The summed E-state index contributed by atoms with van der Waals surface area (Å²) in [5.41, 5.74) is -0.680. The van der Waals surface area contributed by atoms with Gasteiger partial charge in [-0.2, -0.15) is 0 Å². The summed E-state index contributed by atoms with van der Waals surface area (Å²) in [5.74, 6) is -1.32. The van der Waals surface area contributed by atoms with Gasteiger partial charge < -0.3 is 10.0 Å². The smallest absolute Gasteiger partial charge is 0.285 e. The van der Waals surface area contributed by atoms with Crippen LogP contribution in [0.2, 0.25) is 0 Å². The summed E-state index contributed by atoms with van der Waals surface area (Å²) >= 11 is 0. The van der Waals surface area contributed by atoms with Gasteiger partial charge in [0.2, 0.25) is 0 Å². The third-order valence-electron chi connectivity index (χ3n) is 4.11. The normalized spacial score (nSPS) is 21.4. The Bertz CT molecular complexity index is 579. The summed E-state index contributed by atoms with van der Waals surface area (Å²) in [4.78, 5) is 23.9. The standard InChI is InChI=1S/C15H19FN2O4/c1-17(9-10-4-2-3-5-14(10)19)15(20)12-7-6-11(16)8-13(12)18(21)22/h6-8,10,14,19H,2-5,9H2,1H3. The Morgan fingerprint density at radius 3 is 2.77 bits per heavy atom. The van der Waals surface area contributed by atoms with Gasteiger partial charge in [0.15, 0.2) is 0 Å². The summed E-state index contributed by atoms with van der Waals surface area (Å²) in [7, 11) is 1.54. The molecule has 0 bridgehead atoms. The molecule has 1 amide bonds. The Kier molecular flexibility index (Phi) is 5.07. The van der Waals surface area contributed by atoms with Gasteiger partial charge in [-0.25, -0.2) is 4.39 Å². The number of benzene rings is 1. The predicted molar refractivity (Wildman–Crippen MR) is 78.0 cm³/mol. The quantitative estimate of drug-likeness (QED) is 0.683. The number of hydrogen-bond donors (Lipinski definition) is 1. The zero-order chi connectivity index (χ0) is 16.3. The van der Waals surface area contributed by atoms with Gasteiger partial charge in [0, 0.05) is 19.5 Å². The van der Waals surface area contributed by atoms with Crippen molar-refractivity contribution < 1.29 is 19.2 Å². The molecule has 0 heterocycles. The van der Waals surface area contributed by atoms with Crippen molar-refractivity contribution in [3.8, 4) is 0 Å². The first-order valence-electron chi connectivity index (χ1n) is 7.27. The number of amides is 1. The molecule has 1 saturated carbocycles. The van der Waals surface area contributed by atoms with Crippen molar-refractivity contribution in [2.45, 2.75) is 31.8 Å². The number of halogens is 1. The van der Waals surface area contributed by atoms with Crippen LogP contribution in [0.5, 0.6) is 0 Å². The van der Waals surface area contributed by atoms with E-state index < -0.39 is 28.4 Å². The van der Waals surface area contributed by atoms with Crippen LogP contribution >= 0.6 is 0 Å². The molecule has 0 aliphatic heterocycles. The molecule has 7 heteroatoms. The van der Waals surface area contributed by atoms with Gasteiger partial charge in [0.1, 0.15) is 11.4 Å². The van der Waals surface area contributed by atoms with Crippen LogP contribution < -0.4 is 0 Å². The molecule has 2 atom stereocenters. The van der Waals surface area contributed by atoms with Crippen LogP contribution in [-0.2, 0) is 0 Å². The molecule has 1 aliphatic carbocycles. The van der Waals surface area contributed by atoms with Crippen molar-refractivity contribution in [2.75, 3.05) is 13.6 Å². The molecule has 0 saturated heterocycles. The monoisotopic (exact) mass is 310 g/mol. The van der Waals surface area contributed by atoms with Gasteiger partial charge in [-0.15, -0.1) is 0 Å². The highest BCUT2D eigenvalue weighted by atomic mass is 19.1. The zero-order valence-corrected chi connectivity index (χ0v) is 12.4. The van der Waals surface area contributed by atoms with E-state index in [2.05, 4.69) is 0 Å². The first kappa shape index (κ1) is 16.4. The topological polar surface area (TPSA) is 83.7 Å². The minimum atomic E-state index is -0.764. The second kappa shape index (κ2) is 6.83. The van der Waals surface area contributed by atoms with Gasteiger partial charge >= 0.3 is 0 Å². The number of carbonyl (C=O) groups is 1. The second-order valence-electron chi connectivity index (χ2n) is 5.72. The third kappa shape index (κ3) is 3.59. The lowest BCUT2D eigenvalue weighted by Gasteiger charge is -2.31. The summed E-state index contributed by atoms with van der Waals surface area (Å²) in [6, 6.07) is 2.91. The number of nitro benzene ring substituents is 1. The average Bonchev–Trinajstić information content (AvgIpc) is 2.48. The number of carbonyl (C=O) groups excluding carboxylic acids is 1. The highest BCUT2D eigenvalue weighted by Crippen LogP contribution is 2.26. The van der Waals surface area contributed by atoms with E-state index in [0.29, 0.717) is 13.0 Å². The van der Waals surface area contributed by atoms with E-state index in [-0.39, 0.29) is 11.5 Å². The van der Waals surface area contributed by atoms with Gasteiger partial charge in [-0.3, -0.25) is 14.9 Å². The molecule has 0 aromatic heterocycles. The Hall–Kier alpha value is -2.02. The summed E-state index contributed by atoms with van der Waals surface area (Å²) in [5, 5.41) is 20.9. The van der Waals surface area contributed by atoms with Crippen LogP contribution in [-0.4, -0.2) is 40.5 Å². The van der Waals surface area contributed by atoms with Crippen molar-refractivity contribution >= 4 is 11.6 Å². The number of aliphatic hydroxyl groups excluding tert-OH is 1. The lowest BCUT2D eigenvalue weighted by Crippen LogP contribution is -2.38. The summed E-state index contributed by atoms with van der Waals surface area (Å²) in [6.07, 6.45) is 3.06. The maximum Gasteiger partial charge on any atom is 0.285 e. The first-order valence-corrected chi connectivity index (χ1v) is 7.27. The number of rotatable bonds is 4. The van der Waals surface area contributed by atoms with Crippen molar-refractivity contribution in [3.05, 3.63) is 39.7 Å².